The van der Waals surface area contributed by atoms with E-state index in [0.717, 1.165) is 11.8 Å². The molecule has 3 rings (SSSR count). The number of hydrogen-bond acceptors (Lipinski definition) is 3. The van der Waals surface area contributed by atoms with Crippen molar-refractivity contribution in [2.45, 2.75) is 31.7 Å². The summed E-state index contributed by atoms with van der Waals surface area (Å²) in [6.45, 7) is 0. The van der Waals surface area contributed by atoms with Gasteiger partial charge in [0, 0.05) is 6.04 Å². The van der Waals surface area contributed by atoms with Crippen molar-refractivity contribution < 1.29 is 4.42 Å². The summed E-state index contributed by atoms with van der Waals surface area (Å²) < 4.78 is 5.20. The molecule has 0 aromatic carbocycles. The zero-order valence-electron chi connectivity index (χ0n) is 7.57. The van der Waals surface area contributed by atoms with Crippen LogP contribution in [0.1, 0.15) is 25.7 Å². The van der Waals surface area contributed by atoms with Crippen LogP contribution < -0.4 is 5.32 Å². The van der Waals surface area contributed by atoms with Gasteiger partial charge in [0.05, 0.1) is 6.20 Å². The Kier molecular flexibility index (Phi) is 1.57. The summed E-state index contributed by atoms with van der Waals surface area (Å²) in [7, 11) is 0. The Balaban J connectivity index is 1.67. The molecule has 70 valence electrons. The van der Waals surface area contributed by atoms with Crippen LogP contribution in [-0.4, -0.2) is 11.0 Å². The van der Waals surface area contributed by atoms with E-state index in [-0.39, 0.29) is 0 Å². The SMILES string of the molecule is c1coc(NC(C2CC2)C2CC2)n1. The largest absolute Gasteiger partial charge is 0.432 e. The van der Waals surface area contributed by atoms with Crippen molar-refractivity contribution in [2.75, 3.05) is 5.32 Å². The second kappa shape index (κ2) is 2.76. The lowest BCUT2D eigenvalue weighted by Gasteiger charge is -2.15. The average Bonchev–Trinajstić information content (AvgIpc) is 3.04. The topological polar surface area (TPSA) is 38.1 Å². The molecular formula is C10H14N2O. The normalized spacial score (nSPS) is 22.2. The van der Waals surface area contributed by atoms with E-state index in [2.05, 4.69) is 10.3 Å². The minimum Gasteiger partial charge on any atom is -0.432 e. The highest BCUT2D eigenvalue weighted by molar-refractivity contribution is 5.23. The van der Waals surface area contributed by atoms with Gasteiger partial charge < -0.3 is 9.73 Å². The molecule has 0 bridgehead atoms. The maximum atomic E-state index is 5.20. The van der Waals surface area contributed by atoms with Gasteiger partial charge in [-0.1, -0.05) is 0 Å². The van der Waals surface area contributed by atoms with Crippen LogP contribution in [0.2, 0.25) is 0 Å². The molecule has 1 heterocycles. The Morgan fingerprint density at radius 3 is 2.46 bits per heavy atom. The molecule has 0 amide bonds. The average molecular weight is 178 g/mol. The highest BCUT2D eigenvalue weighted by Gasteiger charge is 2.41. The third-order valence-electron chi connectivity index (χ3n) is 2.98. The van der Waals surface area contributed by atoms with Gasteiger partial charge in [0.1, 0.15) is 6.26 Å². The lowest BCUT2D eigenvalue weighted by molar-refractivity contribution is 0.513. The Bertz CT molecular complexity index is 263. The predicted octanol–water partition coefficient (Wildman–Crippen LogP) is 2.28. The van der Waals surface area contributed by atoms with E-state index < -0.39 is 0 Å². The lowest BCUT2D eigenvalue weighted by Crippen LogP contribution is -2.24. The highest BCUT2D eigenvalue weighted by Crippen LogP contribution is 2.45. The molecule has 1 aromatic heterocycles. The minimum absolute atomic E-state index is 0.638. The van der Waals surface area contributed by atoms with Crippen molar-refractivity contribution in [3.63, 3.8) is 0 Å². The maximum Gasteiger partial charge on any atom is 0.294 e. The molecule has 2 fully saturated rings. The molecule has 0 unspecified atom stereocenters. The molecule has 2 aliphatic rings. The fraction of sp³-hybridized carbons (Fsp3) is 0.700. The monoisotopic (exact) mass is 178 g/mol. The molecule has 0 spiro atoms. The van der Waals surface area contributed by atoms with Gasteiger partial charge >= 0.3 is 0 Å². The number of anilines is 1. The predicted molar refractivity (Wildman–Crippen MR) is 49.4 cm³/mol. The van der Waals surface area contributed by atoms with Crippen LogP contribution in [0, 0.1) is 11.8 Å². The van der Waals surface area contributed by atoms with Crippen molar-refractivity contribution in [1.82, 2.24) is 4.98 Å². The van der Waals surface area contributed by atoms with Gasteiger partial charge in [0.2, 0.25) is 0 Å². The van der Waals surface area contributed by atoms with Gasteiger partial charge in [-0.15, -0.1) is 0 Å². The first-order valence-corrected chi connectivity index (χ1v) is 5.09. The molecule has 1 aromatic rings. The molecule has 2 saturated carbocycles. The molecular weight excluding hydrogens is 164 g/mol. The quantitative estimate of drug-likeness (QED) is 0.768. The minimum atomic E-state index is 0.638. The number of hydrogen-bond donors (Lipinski definition) is 1. The zero-order valence-corrected chi connectivity index (χ0v) is 7.57. The Morgan fingerprint density at radius 2 is 2.00 bits per heavy atom. The van der Waals surface area contributed by atoms with E-state index in [1.54, 1.807) is 12.5 Å². The number of oxazole rings is 1. The molecule has 0 aliphatic heterocycles. The molecule has 1 N–H and O–H groups in total. The van der Waals surface area contributed by atoms with Crippen LogP contribution in [0.5, 0.6) is 0 Å². The van der Waals surface area contributed by atoms with Gasteiger partial charge in [0.25, 0.3) is 6.01 Å². The smallest absolute Gasteiger partial charge is 0.294 e. The number of nitrogens with zero attached hydrogens (tertiary/aromatic N) is 1. The summed E-state index contributed by atoms with van der Waals surface area (Å²) in [6.07, 6.45) is 8.85. The summed E-state index contributed by atoms with van der Waals surface area (Å²) in [4.78, 5) is 4.10. The maximum absolute atomic E-state index is 5.20. The van der Waals surface area contributed by atoms with Crippen molar-refractivity contribution in [3.05, 3.63) is 12.5 Å². The van der Waals surface area contributed by atoms with Crippen LogP contribution in [0.15, 0.2) is 16.9 Å². The molecule has 2 aliphatic carbocycles. The first kappa shape index (κ1) is 7.42. The van der Waals surface area contributed by atoms with Gasteiger partial charge in [-0.3, -0.25) is 0 Å². The summed E-state index contributed by atoms with van der Waals surface area (Å²) in [5.41, 5.74) is 0. The summed E-state index contributed by atoms with van der Waals surface area (Å²) in [5, 5.41) is 3.41. The zero-order chi connectivity index (χ0) is 8.67. The fourth-order valence-electron chi connectivity index (χ4n) is 1.97. The van der Waals surface area contributed by atoms with Crippen LogP contribution in [-0.2, 0) is 0 Å². The second-order valence-electron chi connectivity index (χ2n) is 4.18. The molecule has 0 saturated heterocycles. The Morgan fingerprint density at radius 1 is 1.31 bits per heavy atom. The van der Waals surface area contributed by atoms with E-state index in [1.807, 2.05) is 0 Å². The molecule has 3 nitrogen and oxygen atoms in total. The van der Waals surface area contributed by atoms with Crippen LogP contribution in [0.25, 0.3) is 0 Å². The highest BCUT2D eigenvalue weighted by atomic mass is 16.4. The Hall–Kier alpha value is -0.990. The van der Waals surface area contributed by atoms with Gasteiger partial charge in [0.15, 0.2) is 0 Å². The van der Waals surface area contributed by atoms with E-state index >= 15 is 0 Å². The van der Waals surface area contributed by atoms with Gasteiger partial charge in [-0.2, -0.15) is 0 Å². The number of rotatable bonds is 4. The van der Waals surface area contributed by atoms with Gasteiger partial charge in [-0.25, -0.2) is 4.98 Å². The third kappa shape index (κ3) is 1.55. The van der Waals surface area contributed by atoms with E-state index in [9.17, 15) is 0 Å². The van der Waals surface area contributed by atoms with Crippen LogP contribution >= 0.6 is 0 Å². The van der Waals surface area contributed by atoms with Crippen molar-refractivity contribution >= 4 is 6.01 Å². The first-order chi connectivity index (χ1) is 6.43. The molecule has 3 heteroatoms. The summed E-state index contributed by atoms with van der Waals surface area (Å²) in [5.74, 6) is 1.78. The Labute approximate surface area is 77.5 Å². The third-order valence-corrected chi connectivity index (χ3v) is 2.98. The van der Waals surface area contributed by atoms with E-state index in [4.69, 9.17) is 4.42 Å². The van der Waals surface area contributed by atoms with Crippen molar-refractivity contribution in [1.29, 1.82) is 0 Å². The van der Waals surface area contributed by atoms with Crippen LogP contribution in [0.4, 0.5) is 6.01 Å². The number of nitrogens with one attached hydrogen (secondary N) is 1. The van der Waals surface area contributed by atoms with E-state index in [0.29, 0.717) is 12.1 Å². The number of aromatic nitrogens is 1. The van der Waals surface area contributed by atoms with Gasteiger partial charge in [-0.05, 0) is 37.5 Å². The molecule has 0 radical (unpaired) electrons. The van der Waals surface area contributed by atoms with Crippen molar-refractivity contribution in [2.24, 2.45) is 11.8 Å². The fourth-order valence-corrected chi connectivity index (χ4v) is 1.97. The summed E-state index contributed by atoms with van der Waals surface area (Å²) in [6, 6.07) is 1.34. The summed E-state index contributed by atoms with van der Waals surface area (Å²) >= 11 is 0. The van der Waals surface area contributed by atoms with E-state index in [1.165, 1.54) is 25.7 Å². The molecule has 13 heavy (non-hydrogen) atoms. The standard InChI is InChI=1S/C10H14N2O/c1-2-7(1)9(8-3-4-8)12-10-11-5-6-13-10/h5-9H,1-4H2,(H,11,12). The van der Waals surface area contributed by atoms with Crippen molar-refractivity contribution in [3.8, 4) is 0 Å². The molecule has 0 atom stereocenters. The lowest BCUT2D eigenvalue weighted by atomic mass is 10.1. The second-order valence-corrected chi connectivity index (χ2v) is 4.18. The van der Waals surface area contributed by atoms with Crippen LogP contribution in [0.3, 0.4) is 0 Å². The first-order valence-electron chi connectivity index (χ1n) is 5.09.